The predicted octanol–water partition coefficient (Wildman–Crippen LogP) is 5.01. The molecule has 0 fully saturated rings. The lowest BCUT2D eigenvalue weighted by Crippen LogP contribution is -2.09. The molecule has 0 aliphatic carbocycles. The Hall–Kier alpha value is -2.39. The van der Waals surface area contributed by atoms with Crippen molar-refractivity contribution in [1.29, 1.82) is 0 Å². The van der Waals surface area contributed by atoms with Crippen molar-refractivity contribution in [3.05, 3.63) is 95.4 Å². The third-order valence-corrected chi connectivity index (χ3v) is 4.32. The number of hydrogen-bond donors (Lipinski definition) is 1. The second-order valence-corrected chi connectivity index (χ2v) is 5.77. The molecule has 2 nitrogen and oxygen atoms in total. The highest BCUT2D eigenvalue weighted by atomic mass is 32.1. The molecule has 24 heavy (non-hydrogen) atoms. The average molecular weight is 335 g/mol. The van der Waals surface area contributed by atoms with E-state index in [2.05, 4.69) is 30.8 Å². The van der Waals surface area contributed by atoms with E-state index < -0.39 is 0 Å². The molecule has 0 heterocycles. The summed E-state index contributed by atoms with van der Waals surface area (Å²) >= 11 is 4.66. The lowest BCUT2D eigenvalue weighted by atomic mass is 9.84. The van der Waals surface area contributed by atoms with Crippen LogP contribution in [0.1, 0.15) is 16.7 Å². The highest BCUT2D eigenvalue weighted by molar-refractivity contribution is 7.80. The van der Waals surface area contributed by atoms with Crippen molar-refractivity contribution in [1.82, 2.24) is 0 Å². The Morgan fingerprint density at radius 3 is 1.50 bits per heavy atom. The van der Waals surface area contributed by atoms with Crippen LogP contribution in [-0.4, -0.2) is 14.2 Å². The van der Waals surface area contributed by atoms with Gasteiger partial charge in [-0.25, -0.2) is 0 Å². The van der Waals surface area contributed by atoms with Gasteiger partial charge in [0.05, 0.1) is 20.1 Å². The van der Waals surface area contributed by atoms with Crippen molar-refractivity contribution in [2.45, 2.75) is 4.90 Å². The van der Waals surface area contributed by atoms with Crippen molar-refractivity contribution in [2.75, 3.05) is 14.2 Å². The first-order valence-corrected chi connectivity index (χ1v) is 8.13. The molecule has 0 amide bonds. The zero-order valence-electron chi connectivity index (χ0n) is 13.7. The van der Waals surface area contributed by atoms with Crippen molar-refractivity contribution < 1.29 is 9.47 Å². The number of rotatable bonds is 5. The summed E-state index contributed by atoms with van der Waals surface area (Å²) in [5, 5.41) is 0. The minimum Gasteiger partial charge on any atom is -0.496 e. The molecule has 0 N–H and O–H groups in total. The molecule has 0 aliphatic rings. The van der Waals surface area contributed by atoms with Gasteiger partial charge in [0.15, 0.2) is 0 Å². The molecular weight excluding hydrogens is 316 g/mol. The molecule has 0 saturated carbocycles. The van der Waals surface area contributed by atoms with Crippen LogP contribution in [0.5, 0.6) is 11.5 Å². The number of methoxy groups -OCH3 is 2. The zero-order valence-corrected chi connectivity index (χ0v) is 14.6. The van der Waals surface area contributed by atoms with Crippen LogP contribution in [0.4, 0.5) is 0 Å². The molecule has 0 aliphatic heterocycles. The maximum Gasteiger partial charge on any atom is 0.123 e. The topological polar surface area (TPSA) is 18.5 Å². The van der Waals surface area contributed by atoms with E-state index >= 15 is 0 Å². The average Bonchev–Trinajstić information content (AvgIpc) is 2.64. The smallest absolute Gasteiger partial charge is 0.123 e. The van der Waals surface area contributed by atoms with Crippen molar-refractivity contribution in [3.8, 4) is 11.5 Å². The van der Waals surface area contributed by atoms with E-state index in [1.807, 2.05) is 54.6 Å². The summed E-state index contributed by atoms with van der Waals surface area (Å²) in [6, 6.07) is 24.0. The summed E-state index contributed by atoms with van der Waals surface area (Å²) in [4.78, 5) is 0.907. The van der Waals surface area contributed by atoms with Crippen LogP contribution in [0, 0.1) is 5.92 Å². The Labute approximate surface area is 148 Å². The lowest BCUT2D eigenvalue weighted by Gasteiger charge is -2.23. The summed E-state index contributed by atoms with van der Waals surface area (Å²) < 4.78 is 11.2. The molecule has 3 rings (SSSR count). The predicted molar refractivity (Wildman–Crippen MR) is 100 cm³/mol. The van der Waals surface area contributed by atoms with Crippen LogP contribution in [-0.2, 0) is 0 Å². The first kappa shape index (κ1) is 16.5. The van der Waals surface area contributed by atoms with Crippen LogP contribution in [0.2, 0.25) is 0 Å². The van der Waals surface area contributed by atoms with Gasteiger partial charge in [-0.3, -0.25) is 0 Å². The third kappa shape index (κ3) is 3.13. The van der Waals surface area contributed by atoms with E-state index in [0.717, 1.165) is 39.0 Å². The Morgan fingerprint density at radius 1 is 0.625 bits per heavy atom. The van der Waals surface area contributed by atoms with E-state index in [4.69, 9.17) is 9.47 Å². The summed E-state index contributed by atoms with van der Waals surface area (Å²) in [5.41, 5.74) is 3.05. The maximum absolute atomic E-state index is 5.60. The molecule has 0 saturated heterocycles. The normalized spacial score (nSPS) is 10.7. The van der Waals surface area contributed by atoms with Crippen molar-refractivity contribution in [2.24, 2.45) is 0 Å². The van der Waals surface area contributed by atoms with E-state index in [9.17, 15) is 0 Å². The van der Waals surface area contributed by atoms with Crippen LogP contribution < -0.4 is 9.47 Å². The van der Waals surface area contributed by atoms with E-state index in [1.54, 1.807) is 14.2 Å². The molecule has 3 heteroatoms. The molecule has 3 aromatic carbocycles. The summed E-state index contributed by atoms with van der Waals surface area (Å²) in [6.07, 6.45) is 0. The number of benzene rings is 3. The van der Waals surface area contributed by atoms with Gasteiger partial charge in [-0.2, -0.15) is 0 Å². The van der Waals surface area contributed by atoms with Gasteiger partial charge in [-0.05, 0) is 23.8 Å². The van der Waals surface area contributed by atoms with Gasteiger partial charge in [0, 0.05) is 16.0 Å². The van der Waals surface area contributed by atoms with Crippen LogP contribution >= 0.6 is 12.6 Å². The van der Waals surface area contributed by atoms with Gasteiger partial charge in [0.1, 0.15) is 11.5 Å². The second-order valence-electron chi connectivity index (χ2n) is 5.29. The first-order chi connectivity index (χ1) is 11.8. The Balaban J connectivity index is 2.28. The Bertz CT molecular complexity index is 782. The molecule has 121 valence electrons. The fourth-order valence-corrected chi connectivity index (χ4v) is 3.10. The summed E-state index contributed by atoms with van der Waals surface area (Å²) in [5.74, 6) is 2.67. The fourth-order valence-electron chi connectivity index (χ4n) is 2.82. The Morgan fingerprint density at radius 2 is 1.04 bits per heavy atom. The third-order valence-electron chi connectivity index (χ3n) is 3.93. The monoisotopic (exact) mass is 335 g/mol. The van der Waals surface area contributed by atoms with Gasteiger partial charge < -0.3 is 9.47 Å². The van der Waals surface area contributed by atoms with Crippen molar-refractivity contribution in [3.63, 3.8) is 0 Å². The fraction of sp³-hybridized carbons (Fsp3) is 0.0952. The molecule has 0 aromatic heterocycles. The van der Waals surface area contributed by atoms with Gasteiger partial charge in [-0.1, -0.05) is 54.6 Å². The first-order valence-electron chi connectivity index (χ1n) is 7.68. The molecule has 1 radical (unpaired) electrons. The highest BCUT2D eigenvalue weighted by Crippen LogP contribution is 2.41. The molecular formula is C21H19O2S. The number of thiol groups is 1. The van der Waals surface area contributed by atoms with Gasteiger partial charge >= 0.3 is 0 Å². The number of hydrogen-bond acceptors (Lipinski definition) is 3. The standard InChI is InChI=1S/C21H19O2S/c1-22-18-12-6-3-9-15(18)21(17-11-5-8-14-20(17)24)16-10-4-7-13-19(16)23-2/h3-14,24H,1-2H3. The van der Waals surface area contributed by atoms with Crippen LogP contribution in [0.3, 0.4) is 0 Å². The minimum atomic E-state index is 0.815. The highest BCUT2D eigenvalue weighted by Gasteiger charge is 2.25. The van der Waals surface area contributed by atoms with Crippen LogP contribution in [0.15, 0.2) is 77.7 Å². The molecule has 3 aromatic rings. The molecule has 0 spiro atoms. The van der Waals surface area contributed by atoms with E-state index in [0.29, 0.717) is 0 Å². The summed E-state index contributed by atoms with van der Waals surface area (Å²) in [6.45, 7) is 0. The van der Waals surface area contributed by atoms with E-state index in [1.165, 1.54) is 0 Å². The molecule has 0 bridgehead atoms. The van der Waals surface area contributed by atoms with Crippen molar-refractivity contribution >= 4 is 12.6 Å². The quantitative estimate of drug-likeness (QED) is 0.522. The summed E-state index contributed by atoms with van der Waals surface area (Å²) in [7, 11) is 3.37. The Kier molecular flexibility index (Phi) is 5.11. The zero-order chi connectivity index (χ0) is 16.9. The maximum atomic E-state index is 5.60. The number of ether oxygens (including phenoxy) is 2. The molecule has 0 atom stereocenters. The van der Waals surface area contributed by atoms with E-state index in [-0.39, 0.29) is 0 Å². The minimum absolute atomic E-state index is 0.815. The van der Waals surface area contributed by atoms with Crippen LogP contribution in [0.25, 0.3) is 0 Å². The second kappa shape index (κ2) is 7.45. The van der Waals surface area contributed by atoms with Gasteiger partial charge in [0.2, 0.25) is 0 Å². The largest absolute Gasteiger partial charge is 0.496 e. The van der Waals surface area contributed by atoms with Gasteiger partial charge in [0.25, 0.3) is 0 Å². The number of para-hydroxylation sites is 2. The lowest BCUT2D eigenvalue weighted by molar-refractivity contribution is 0.407. The molecule has 0 unspecified atom stereocenters. The van der Waals surface area contributed by atoms with Gasteiger partial charge in [-0.15, -0.1) is 12.6 Å². The SMILES string of the molecule is COc1ccccc1[C](c1ccccc1S)c1ccccc1OC.